The molecular formula is C14H18FNO. The number of ketones is 1. The molecular weight excluding hydrogens is 217 g/mol. The molecule has 0 atom stereocenters. The van der Waals surface area contributed by atoms with E-state index in [2.05, 4.69) is 6.58 Å². The molecule has 0 radical (unpaired) electrons. The third kappa shape index (κ3) is 3.41. The molecule has 0 fully saturated rings. The zero-order chi connectivity index (χ0) is 13.0. The van der Waals surface area contributed by atoms with Crippen molar-refractivity contribution in [3.05, 3.63) is 41.7 Å². The molecule has 2 nitrogen and oxygen atoms in total. The molecule has 1 rings (SSSR count). The number of nitrogens with zero attached hydrogens (tertiary/aromatic N) is 1. The highest BCUT2D eigenvalue weighted by atomic mass is 19.1. The molecule has 0 bridgehead atoms. The fourth-order valence-electron chi connectivity index (χ4n) is 1.76. The van der Waals surface area contributed by atoms with E-state index in [1.807, 2.05) is 18.7 Å². The lowest BCUT2D eigenvalue weighted by Gasteiger charge is -2.25. The fraction of sp³-hybridized carbons (Fsp3) is 0.357. The van der Waals surface area contributed by atoms with Gasteiger partial charge in [-0.25, -0.2) is 4.39 Å². The van der Waals surface area contributed by atoms with Crippen LogP contribution in [0.15, 0.2) is 30.4 Å². The number of halogens is 1. The van der Waals surface area contributed by atoms with Gasteiger partial charge in [-0.3, -0.25) is 4.79 Å². The van der Waals surface area contributed by atoms with Crippen LogP contribution < -0.4 is 4.90 Å². The Labute approximate surface area is 102 Å². The first kappa shape index (κ1) is 13.4. The highest BCUT2D eigenvalue weighted by Gasteiger charge is 2.13. The zero-order valence-electron chi connectivity index (χ0n) is 10.6. The van der Waals surface area contributed by atoms with Crippen molar-refractivity contribution in [2.45, 2.75) is 20.8 Å². The summed E-state index contributed by atoms with van der Waals surface area (Å²) < 4.78 is 13.1. The lowest BCUT2D eigenvalue weighted by molar-refractivity contribution is 0.101. The van der Waals surface area contributed by atoms with Crippen LogP contribution in [0.1, 0.15) is 31.1 Å². The molecule has 0 N–H and O–H groups in total. The quantitative estimate of drug-likeness (QED) is 0.575. The first-order valence-electron chi connectivity index (χ1n) is 5.65. The first-order valence-corrected chi connectivity index (χ1v) is 5.65. The lowest BCUT2D eigenvalue weighted by Crippen LogP contribution is -2.26. The number of Topliss-reactive ketones (excluding diaryl/α,β-unsaturated/α-hetero) is 1. The van der Waals surface area contributed by atoms with E-state index in [0.29, 0.717) is 12.1 Å². The second-order valence-corrected chi connectivity index (χ2v) is 4.19. The lowest BCUT2D eigenvalue weighted by atomic mass is 10.1. The predicted octanol–water partition coefficient (Wildman–Crippen LogP) is 3.43. The van der Waals surface area contributed by atoms with Gasteiger partial charge in [0.1, 0.15) is 5.82 Å². The van der Waals surface area contributed by atoms with E-state index in [9.17, 15) is 9.18 Å². The Kier molecular flexibility index (Phi) is 4.44. The minimum absolute atomic E-state index is 0.125. The average Bonchev–Trinajstić information content (AvgIpc) is 2.25. The number of anilines is 1. The number of carbonyl (C=O) groups excluding carboxylic acids is 1. The Bertz CT molecular complexity index is 440. The Hall–Kier alpha value is -1.64. The molecule has 1 aromatic carbocycles. The van der Waals surface area contributed by atoms with Gasteiger partial charge in [-0.15, -0.1) is 0 Å². The highest BCUT2D eigenvalue weighted by Crippen LogP contribution is 2.22. The maximum Gasteiger partial charge on any atom is 0.161 e. The van der Waals surface area contributed by atoms with Gasteiger partial charge >= 0.3 is 0 Å². The normalized spacial score (nSPS) is 10.1. The van der Waals surface area contributed by atoms with Gasteiger partial charge in [0.15, 0.2) is 5.78 Å². The van der Waals surface area contributed by atoms with Crippen LogP contribution in [0.2, 0.25) is 0 Å². The van der Waals surface area contributed by atoms with Crippen LogP contribution in [0.5, 0.6) is 0 Å². The standard InChI is InChI=1S/C14H18FNO/c1-5-16(9-10(2)3)14-7-6-12(15)8-13(14)11(4)17/h6-8H,2,5,9H2,1,3-4H3. The molecule has 3 heteroatoms. The minimum Gasteiger partial charge on any atom is -0.367 e. The smallest absolute Gasteiger partial charge is 0.161 e. The SMILES string of the molecule is C=C(C)CN(CC)c1ccc(F)cc1C(C)=O. The van der Waals surface area contributed by atoms with Gasteiger partial charge in [-0.2, -0.15) is 0 Å². The molecule has 17 heavy (non-hydrogen) atoms. The monoisotopic (exact) mass is 235 g/mol. The zero-order valence-corrected chi connectivity index (χ0v) is 10.6. The summed E-state index contributed by atoms with van der Waals surface area (Å²) >= 11 is 0. The molecule has 0 heterocycles. The maximum absolute atomic E-state index is 13.1. The summed E-state index contributed by atoms with van der Waals surface area (Å²) in [6.45, 7) is 10.7. The van der Waals surface area contributed by atoms with Crippen molar-refractivity contribution in [1.29, 1.82) is 0 Å². The van der Waals surface area contributed by atoms with Crippen molar-refractivity contribution in [3.8, 4) is 0 Å². The molecule has 0 saturated heterocycles. The highest BCUT2D eigenvalue weighted by molar-refractivity contribution is 5.99. The maximum atomic E-state index is 13.1. The number of hydrogen-bond donors (Lipinski definition) is 0. The number of hydrogen-bond acceptors (Lipinski definition) is 2. The summed E-state index contributed by atoms with van der Waals surface area (Å²) in [7, 11) is 0. The van der Waals surface area contributed by atoms with Crippen molar-refractivity contribution >= 4 is 11.5 Å². The van der Waals surface area contributed by atoms with E-state index in [0.717, 1.165) is 17.8 Å². The van der Waals surface area contributed by atoms with E-state index >= 15 is 0 Å². The fourth-order valence-corrected chi connectivity index (χ4v) is 1.76. The Morgan fingerprint density at radius 1 is 1.41 bits per heavy atom. The van der Waals surface area contributed by atoms with Gasteiger partial charge < -0.3 is 4.90 Å². The Morgan fingerprint density at radius 2 is 2.06 bits per heavy atom. The van der Waals surface area contributed by atoms with Crippen molar-refractivity contribution < 1.29 is 9.18 Å². The number of benzene rings is 1. The molecule has 92 valence electrons. The van der Waals surface area contributed by atoms with Gasteiger partial charge in [0, 0.05) is 24.3 Å². The van der Waals surface area contributed by atoms with Gasteiger partial charge in [0.05, 0.1) is 0 Å². The van der Waals surface area contributed by atoms with Gasteiger partial charge in [-0.1, -0.05) is 12.2 Å². The molecule has 0 saturated carbocycles. The van der Waals surface area contributed by atoms with Gasteiger partial charge in [0.25, 0.3) is 0 Å². The summed E-state index contributed by atoms with van der Waals surface area (Å²) in [4.78, 5) is 13.5. The molecule has 1 aromatic rings. The van der Waals surface area contributed by atoms with Crippen LogP contribution in [0, 0.1) is 5.82 Å². The third-order valence-electron chi connectivity index (χ3n) is 2.52. The second kappa shape index (κ2) is 5.62. The van der Waals surface area contributed by atoms with Crippen LogP contribution >= 0.6 is 0 Å². The summed E-state index contributed by atoms with van der Waals surface area (Å²) in [6.07, 6.45) is 0. The van der Waals surface area contributed by atoms with E-state index < -0.39 is 0 Å². The Morgan fingerprint density at radius 3 is 2.53 bits per heavy atom. The van der Waals surface area contributed by atoms with E-state index in [-0.39, 0.29) is 11.6 Å². The largest absolute Gasteiger partial charge is 0.367 e. The van der Waals surface area contributed by atoms with Crippen molar-refractivity contribution in [2.24, 2.45) is 0 Å². The van der Waals surface area contributed by atoms with Crippen LogP contribution in [0.4, 0.5) is 10.1 Å². The predicted molar refractivity (Wildman–Crippen MR) is 69.1 cm³/mol. The summed E-state index contributed by atoms with van der Waals surface area (Å²) in [5.74, 6) is -0.509. The summed E-state index contributed by atoms with van der Waals surface area (Å²) in [5.41, 5.74) is 2.20. The molecule has 0 aliphatic heterocycles. The van der Waals surface area contributed by atoms with Gasteiger partial charge in [0.2, 0.25) is 0 Å². The van der Waals surface area contributed by atoms with Crippen molar-refractivity contribution in [3.63, 3.8) is 0 Å². The van der Waals surface area contributed by atoms with Crippen molar-refractivity contribution in [2.75, 3.05) is 18.0 Å². The van der Waals surface area contributed by atoms with Crippen LogP contribution in [-0.4, -0.2) is 18.9 Å². The van der Waals surface area contributed by atoms with Gasteiger partial charge in [-0.05, 0) is 39.0 Å². The Balaban J connectivity index is 3.18. The molecule has 0 aliphatic carbocycles. The van der Waals surface area contributed by atoms with Crippen molar-refractivity contribution in [1.82, 2.24) is 0 Å². The third-order valence-corrected chi connectivity index (χ3v) is 2.52. The van der Waals surface area contributed by atoms with E-state index in [1.54, 1.807) is 6.07 Å². The van der Waals surface area contributed by atoms with Crippen LogP contribution in [0.25, 0.3) is 0 Å². The topological polar surface area (TPSA) is 20.3 Å². The first-order chi connectivity index (χ1) is 7.95. The van der Waals surface area contributed by atoms with E-state index in [4.69, 9.17) is 0 Å². The molecule has 0 aromatic heterocycles. The molecule has 0 aliphatic rings. The summed E-state index contributed by atoms with van der Waals surface area (Å²) in [6, 6.07) is 4.32. The number of rotatable bonds is 5. The molecule has 0 spiro atoms. The van der Waals surface area contributed by atoms with E-state index in [1.165, 1.54) is 19.1 Å². The average molecular weight is 235 g/mol. The minimum atomic E-state index is -0.384. The van der Waals surface area contributed by atoms with Crippen LogP contribution in [0.3, 0.4) is 0 Å². The summed E-state index contributed by atoms with van der Waals surface area (Å²) in [5, 5.41) is 0. The van der Waals surface area contributed by atoms with Crippen LogP contribution in [-0.2, 0) is 0 Å². The second-order valence-electron chi connectivity index (χ2n) is 4.19. The number of likely N-dealkylation sites (N-methyl/N-ethyl adjacent to an activating group) is 1. The molecule has 0 amide bonds. The molecule has 0 unspecified atom stereocenters. The number of carbonyl (C=O) groups is 1.